The maximum absolute atomic E-state index is 13.1. The third-order valence-electron chi connectivity index (χ3n) is 4.73. The highest BCUT2D eigenvalue weighted by Gasteiger charge is 2.19. The first kappa shape index (κ1) is 21.2. The van der Waals surface area contributed by atoms with Crippen LogP contribution >= 0.6 is 11.8 Å². The molecular weight excluding hydrogens is 424 g/mol. The molecule has 6 heteroatoms. The second-order valence-electron chi connectivity index (χ2n) is 6.92. The number of para-hydroxylation sites is 2. The minimum atomic E-state index is -3.77. The van der Waals surface area contributed by atoms with Gasteiger partial charge in [-0.25, -0.2) is 8.42 Å². The summed E-state index contributed by atoms with van der Waals surface area (Å²) < 4.78 is 29.0. The highest BCUT2D eigenvalue weighted by atomic mass is 32.2. The first-order chi connectivity index (χ1) is 15.1. The normalized spacial score (nSPS) is 11.7. The number of sulfonamides is 1. The highest BCUT2D eigenvalue weighted by molar-refractivity contribution is 7.98. The van der Waals surface area contributed by atoms with Gasteiger partial charge in [-0.05, 0) is 29.3 Å². The van der Waals surface area contributed by atoms with E-state index in [9.17, 15) is 8.42 Å². The minimum Gasteiger partial charge on any atom is -0.279 e. The number of hydrogen-bond donors (Lipinski definition) is 1. The van der Waals surface area contributed by atoms with Crippen molar-refractivity contribution in [2.75, 3.05) is 10.5 Å². The van der Waals surface area contributed by atoms with Crippen LogP contribution in [0.25, 0.3) is 17.0 Å². The van der Waals surface area contributed by atoms with Crippen LogP contribution in [0, 0.1) is 0 Å². The zero-order valence-electron chi connectivity index (χ0n) is 16.8. The SMILES string of the molecule is O=S(=O)(Nc1ccccc1CSCC=Cc1ccccc1)c1cccc2cccnc12. The van der Waals surface area contributed by atoms with E-state index in [0.717, 1.165) is 16.7 Å². The molecule has 0 saturated carbocycles. The van der Waals surface area contributed by atoms with Gasteiger partial charge in [0, 0.05) is 23.1 Å². The van der Waals surface area contributed by atoms with Gasteiger partial charge in [0.2, 0.25) is 0 Å². The Balaban J connectivity index is 1.47. The van der Waals surface area contributed by atoms with Crippen LogP contribution in [0.4, 0.5) is 5.69 Å². The molecule has 0 radical (unpaired) electrons. The quantitative estimate of drug-likeness (QED) is 0.338. The van der Waals surface area contributed by atoms with Crippen LogP contribution < -0.4 is 4.72 Å². The van der Waals surface area contributed by atoms with Gasteiger partial charge in [0.1, 0.15) is 4.90 Å². The van der Waals surface area contributed by atoms with Crippen molar-refractivity contribution in [3.05, 3.63) is 108 Å². The highest BCUT2D eigenvalue weighted by Crippen LogP contribution is 2.27. The van der Waals surface area contributed by atoms with Gasteiger partial charge in [0.25, 0.3) is 10.0 Å². The molecule has 156 valence electrons. The van der Waals surface area contributed by atoms with Crippen molar-refractivity contribution in [3.63, 3.8) is 0 Å². The van der Waals surface area contributed by atoms with E-state index >= 15 is 0 Å². The third-order valence-corrected chi connectivity index (χ3v) is 7.07. The van der Waals surface area contributed by atoms with Crippen molar-refractivity contribution >= 4 is 44.5 Å². The predicted octanol–water partition coefficient (Wildman–Crippen LogP) is 5.98. The number of nitrogens with zero attached hydrogens (tertiary/aromatic N) is 1. The summed E-state index contributed by atoms with van der Waals surface area (Å²) in [6, 6.07) is 26.5. The lowest BCUT2D eigenvalue weighted by Gasteiger charge is -2.13. The van der Waals surface area contributed by atoms with E-state index in [1.807, 2.05) is 48.5 Å². The molecule has 3 aromatic carbocycles. The summed E-state index contributed by atoms with van der Waals surface area (Å²) in [5.41, 5.74) is 3.17. The summed E-state index contributed by atoms with van der Waals surface area (Å²) >= 11 is 1.73. The third kappa shape index (κ3) is 5.34. The number of nitrogens with one attached hydrogen (secondary N) is 1. The Hall–Kier alpha value is -3.09. The topological polar surface area (TPSA) is 59.1 Å². The van der Waals surface area contributed by atoms with Crippen molar-refractivity contribution in [2.45, 2.75) is 10.6 Å². The molecule has 0 aliphatic rings. The molecule has 0 unspecified atom stereocenters. The zero-order valence-corrected chi connectivity index (χ0v) is 18.4. The Bertz CT molecular complexity index is 1300. The maximum atomic E-state index is 13.1. The maximum Gasteiger partial charge on any atom is 0.264 e. The molecule has 0 fully saturated rings. The largest absolute Gasteiger partial charge is 0.279 e. The van der Waals surface area contributed by atoms with Crippen LogP contribution in [0.1, 0.15) is 11.1 Å². The lowest BCUT2D eigenvalue weighted by molar-refractivity contribution is 0.602. The van der Waals surface area contributed by atoms with E-state index in [2.05, 4.69) is 34.0 Å². The van der Waals surface area contributed by atoms with Crippen LogP contribution in [0.15, 0.2) is 102 Å². The van der Waals surface area contributed by atoms with Crippen LogP contribution in [-0.2, 0) is 15.8 Å². The molecule has 0 aliphatic heterocycles. The fourth-order valence-electron chi connectivity index (χ4n) is 3.22. The number of pyridine rings is 1. The van der Waals surface area contributed by atoms with E-state index in [1.54, 1.807) is 42.2 Å². The molecule has 4 rings (SSSR count). The van der Waals surface area contributed by atoms with Crippen molar-refractivity contribution < 1.29 is 8.42 Å². The van der Waals surface area contributed by atoms with E-state index in [4.69, 9.17) is 0 Å². The fraction of sp³-hybridized carbons (Fsp3) is 0.0800. The second kappa shape index (κ2) is 9.81. The standard InChI is InChI=1S/C25H22N2O2S2/c28-31(29,24-16-6-13-21-14-7-17-26-25(21)24)27-23-15-5-4-12-22(23)19-30-18-8-11-20-9-2-1-3-10-20/h1-17,27H,18-19H2. The molecule has 1 N–H and O–H groups in total. The first-order valence-corrected chi connectivity index (χ1v) is 12.5. The molecule has 31 heavy (non-hydrogen) atoms. The van der Waals surface area contributed by atoms with Crippen molar-refractivity contribution in [2.24, 2.45) is 0 Å². The smallest absolute Gasteiger partial charge is 0.264 e. The van der Waals surface area contributed by atoms with E-state index < -0.39 is 10.0 Å². The monoisotopic (exact) mass is 446 g/mol. The van der Waals surface area contributed by atoms with Gasteiger partial charge in [0.05, 0.1) is 11.2 Å². The Morgan fingerprint density at radius 3 is 2.52 bits per heavy atom. The lowest BCUT2D eigenvalue weighted by Crippen LogP contribution is -2.15. The first-order valence-electron chi connectivity index (χ1n) is 9.87. The summed E-state index contributed by atoms with van der Waals surface area (Å²) in [5, 5.41) is 0.791. The minimum absolute atomic E-state index is 0.179. The molecule has 1 aromatic heterocycles. The molecule has 0 amide bonds. The number of fused-ring (bicyclic) bond motifs is 1. The number of hydrogen-bond acceptors (Lipinski definition) is 4. The number of benzene rings is 3. The zero-order chi connectivity index (χ0) is 21.5. The molecule has 1 heterocycles. The van der Waals surface area contributed by atoms with Gasteiger partial charge in [-0.2, -0.15) is 11.8 Å². The van der Waals surface area contributed by atoms with Crippen molar-refractivity contribution in [1.82, 2.24) is 4.98 Å². The Morgan fingerprint density at radius 2 is 1.65 bits per heavy atom. The Morgan fingerprint density at radius 1 is 0.871 bits per heavy atom. The van der Waals surface area contributed by atoms with E-state index in [-0.39, 0.29) is 4.90 Å². The van der Waals surface area contributed by atoms with Crippen LogP contribution in [0.3, 0.4) is 0 Å². The van der Waals surface area contributed by atoms with E-state index in [0.29, 0.717) is 17.0 Å². The fourth-order valence-corrected chi connectivity index (χ4v) is 5.33. The average Bonchev–Trinajstić information content (AvgIpc) is 2.80. The van der Waals surface area contributed by atoms with Gasteiger partial charge in [-0.3, -0.25) is 9.71 Å². The lowest BCUT2D eigenvalue weighted by atomic mass is 10.2. The summed E-state index contributed by atoms with van der Waals surface area (Å²) in [6.45, 7) is 0. The molecule has 0 aliphatic carbocycles. The molecule has 4 aromatic rings. The van der Waals surface area contributed by atoms with E-state index in [1.165, 1.54) is 5.56 Å². The number of thioether (sulfide) groups is 1. The number of rotatable bonds is 8. The molecule has 4 nitrogen and oxygen atoms in total. The summed E-state index contributed by atoms with van der Waals surface area (Å²) in [5.74, 6) is 1.54. The molecule has 0 atom stereocenters. The van der Waals surface area contributed by atoms with Gasteiger partial charge >= 0.3 is 0 Å². The average molecular weight is 447 g/mol. The van der Waals surface area contributed by atoms with Crippen LogP contribution in [0.5, 0.6) is 0 Å². The summed E-state index contributed by atoms with van der Waals surface area (Å²) in [7, 11) is -3.77. The summed E-state index contributed by atoms with van der Waals surface area (Å²) in [6.07, 6.45) is 5.82. The molecule has 0 saturated heterocycles. The van der Waals surface area contributed by atoms with Crippen molar-refractivity contribution in [1.29, 1.82) is 0 Å². The van der Waals surface area contributed by atoms with Gasteiger partial charge in [-0.15, -0.1) is 0 Å². The Kier molecular flexibility index (Phi) is 6.70. The van der Waals surface area contributed by atoms with Crippen LogP contribution in [-0.4, -0.2) is 19.2 Å². The van der Waals surface area contributed by atoms with Gasteiger partial charge in [-0.1, -0.05) is 78.9 Å². The van der Waals surface area contributed by atoms with Crippen molar-refractivity contribution in [3.8, 4) is 0 Å². The van der Waals surface area contributed by atoms with Crippen LogP contribution in [0.2, 0.25) is 0 Å². The number of aromatic nitrogens is 1. The second-order valence-corrected chi connectivity index (χ2v) is 9.60. The number of anilines is 1. The molecule has 0 bridgehead atoms. The summed E-state index contributed by atoms with van der Waals surface area (Å²) in [4.78, 5) is 4.46. The Labute approximate surface area is 187 Å². The molecule has 0 spiro atoms. The molecular formula is C25H22N2O2S2. The predicted molar refractivity (Wildman–Crippen MR) is 131 cm³/mol. The van der Waals surface area contributed by atoms with Gasteiger partial charge < -0.3 is 0 Å². The van der Waals surface area contributed by atoms with Gasteiger partial charge in [0.15, 0.2) is 0 Å².